The minimum atomic E-state index is -0.378. The molecular formula is C25H22N6O. The monoisotopic (exact) mass is 422 g/mol. The van der Waals surface area contributed by atoms with E-state index in [1.54, 1.807) is 17.2 Å². The Balaban J connectivity index is 1.70. The van der Waals surface area contributed by atoms with Crippen molar-refractivity contribution in [2.45, 2.75) is 26.3 Å². The molecule has 1 aliphatic heterocycles. The van der Waals surface area contributed by atoms with E-state index < -0.39 is 0 Å². The van der Waals surface area contributed by atoms with Crippen LogP contribution >= 0.6 is 0 Å². The largest absolute Gasteiger partial charge is 0.422 e. The summed E-state index contributed by atoms with van der Waals surface area (Å²) in [6.45, 7) is 4.68. The summed E-state index contributed by atoms with van der Waals surface area (Å²) in [5.74, 6) is 0.328. The van der Waals surface area contributed by atoms with Crippen LogP contribution in [0.5, 0.6) is 5.88 Å². The topological polar surface area (TPSA) is 94.7 Å². The number of hydrogen-bond donors (Lipinski definition) is 1. The first-order valence-corrected chi connectivity index (χ1v) is 10.4. The second-order valence-electron chi connectivity index (χ2n) is 7.74. The van der Waals surface area contributed by atoms with E-state index in [9.17, 15) is 5.26 Å². The molecule has 7 heteroatoms. The highest BCUT2D eigenvalue weighted by Gasteiger charge is 2.37. The zero-order valence-corrected chi connectivity index (χ0v) is 17.9. The van der Waals surface area contributed by atoms with Gasteiger partial charge in [-0.1, -0.05) is 42.0 Å². The van der Waals surface area contributed by atoms with Gasteiger partial charge in [-0.05, 0) is 31.5 Å². The van der Waals surface area contributed by atoms with Crippen molar-refractivity contribution in [2.24, 2.45) is 5.73 Å². The van der Waals surface area contributed by atoms with Gasteiger partial charge in [-0.15, -0.1) is 0 Å². The normalized spacial score (nSPS) is 15.2. The lowest BCUT2D eigenvalue weighted by Gasteiger charge is -2.25. The zero-order chi connectivity index (χ0) is 22.2. The van der Waals surface area contributed by atoms with Crippen molar-refractivity contribution >= 4 is 0 Å². The number of ether oxygens (including phenoxy) is 1. The molecular weight excluding hydrogens is 400 g/mol. The maximum absolute atomic E-state index is 9.98. The van der Waals surface area contributed by atoms with E-state index in [1.807, 2.05) is 54.1 Å². The lowest BCUT2D eigenvalue weighted by molar-refractivity contribution is 0.350. The molecule has 0 bridgehead atoms. The molecule has 0 fully saturated rings. The van der Waals surface area contributed by atoms with Gasteiger partial charge in [0.2, 0.25) is 11.8 Å². The summed E-state index contributed by atoms with van der Waals surface area (Å²) in [6.07, 6.45) is 5.38. The van der Waals surface area contributed by atoms with E-state index in [-0.39, 0.29) is 11.8 Å². The predicted octanol–water partition coefficient (Wildman–Crippen LogP) is 4.28. The molecule has 0 aliphatic carbocycles. The lowest BCUT2D eigenvalue weighted by atomic mass is 9.83. The highest BCUT2D eigenvalue weighted by Crippen LogP contribution is 2.46. The molecule has 1 unspecified atom stereocenters. The molecule has 2 aromatic heterocycles. The molecule has 0 spiro atoms. The second kappa shape index (κ2) is 7.75. The first-order chi connectivity index (χ1) is 15.6. The molecule has 5 rings (SSSR count). The number of benzene rings is 2. The minimum Gasteiger partial charge on any atom is -0.422 e. The van der Waals surface area contributed by atoms with Crippen LogP contribution in [0.25, 0.3) is 16.9 Å². The van der Waals surface area contributed by atoms with Crippen molar-refractivity contribution in [3.8, 4) is 28.9 Å². The van der Waals surface area contributed by atoms with Crippen LogP contribution in [0.3, 0.4) is 0 Å². The molecule has 4 aromatic rings. The number of nitriles is 1. The first-order valence-electron chi connectivity index (χ1n) is 10.4. The van der Waals surface area contributed by atoms with Gasteiger partial charge in [0.05, 0.1) is 17.8 Å². The zero-order valence-electron chi connectivity index (χ0n) is 17.9. The number of nitrogens with zero attached hydrogens (tertiary/aromatic N) is 5. The molecule has 1 atom stereocenters. The van der Waals surface area contributed by atoms with Crippen LogP contribution in [0, 0.1) is 18.3 Å². The highest BCUT2D eigenvalue weighted by atomic mass is 16.5. The van der Waals surface area contributed by atoms with Gasteiger partial charge in [0, 0.05) is 30.2 Å². The van der Waals surface area contributed by atoms with Gasteiger partial charge in [0.1, 0.15) is 17.3 Å². The van der Waals surface area contributed by atoms with Crippen molar-refractivity contribution in [1.29, 1.82) is 5.26 Å². The average Bonchev–Trinajstić information content (AvgIpc) is 3.47. The molecule has 1 aliphatic rings. The summed E-state index contributed by atoms with van der Waals surface area (Å²) in [5, 5.41) is 14.8. The van der Waals surface area contributed by atoms with E-state index in [4.69, 9.17) is 15.6 Å². The van der Waals surface area contributed by atoms with E-state index in [0.29, 0.717) is 18.0 Å². The Morgan fingerprint density at radius 3 is 2.50 bits per heavy atom. The third-order valence-corrected chi connectivity index (χ3v) is 5.76. The average molecular weight is 422 g/mol. The van der Waals surface area contributed by atoms with E-state index in [0.717, 1.165) is 28.1 Å². The van der Waals surface area contributed by atoms with Crippen molar-refractivity contribution in [3.05, 3.63) is 95.4 Å². The van der Waals surface area contributed by atoms with Crippen LogP contribution in [0.2, 0.25) is 0 Å². The molecule has 0 radical (unpaired) electrons. The van der Waals surface area contributed by atoms with Crippen LogP contribution in [-0.4, -0.2) is 19.3 Å². The van der Waals surface area contributed by atoms with Gasteiger partial charge in [0.15, 0.2) is 0 Å². The molecule has 2 aromatic carbocycles. The smallest absolute Gasteiger partial charge is 0.224 e. The Morgan fingerprint density at radius 1 is 1.12 bits per heavy atom. The first kappa shape index (κ1) is 19.6. The van der Waals surface area contributed by atoms with Crippen LogP contribution in [0.4, 0.5) is 0 Å². The lowest BCUT2D eigenvalue weighted by Crippen LogP contribution is -2.22. The van der Waals surface area contributed by atoms with Gasteiger partial charge < -0.3 is 15.0 Å². The quantitative estimate of drug-likeness (QED) is 0.530. The summed E-state index contributed by atoms with van der Waals surface area (Å²) in [5.41, 5.74) is 12.3. The third-order valence-electron chi connectivity index (χ3n) is 5.76. The van der Waals surface area contributed by atoms with Crippen LogP contribution < -0.4 is 10.5 Å². The maximum atomic E-state index is 9.98. The summed E-state index contributed by atoms with van der Waals surface area (Å²) in [4.78, 5) is 4.11. The summed E-state index contributed by atoms with van der Waals surface area (Å²) < 4.78 is 9.68. The fourth-order valence-electron chi connectivity index (χ4n) is 4.12. The number of allylic oxidation sites excluding steroid dienone is 1. The van der Waals surface area contributed by atoms with Gasteiger partial charge in [-0.3, -0.25) is 0 Å². The molecule has 0 saturated heterocycles. The number of nitrogens with two attached hydrogens (primary N) is 1. The van der Waals surface area contributed by atoms with Gasteiger partial charge in [-0.25, -0.2) is 9.67 Å². The molecule has 0 saturated carbocycles. The van der Waals surface area contributed by atoms with E-state index >= 15 is 0 Å². The molecule has 3 heterocycles. The number of imidazole rings is 1. The Hall–Kier alpha value is -4.31. The number of fused-ring (bicyclic) bond motifs is 1. The SMILES string of the molecule is CCn1nc(-c2ccc(C)cc2)c2c1OC(N)=C(C#N)C2c1ccc(-n2ccnc2)cc1. The molecule has 32 heavy (non-hydrogen) atoms. The van der Waals surface area contributed by atoms with Crippen molar-refractivity contribution < 1.29 is 4.74 Å². The van der Waals surface area contributed by atoms with Gasteiger partial charge >= 0.3 is 0 Å². The van der Waals surface area contributed by atoms with Crippen molar-refractivity contribution in [1.82, 2.24) is 19.3 Å². The number of rotatable bonds is 4. The molecule has 2 N–H and O–H groups in total. The third kappa shape index (κ3) is 3.13. The summed E-state index contributed by atoms with van der Waals surface area (Å²) in [7, 11) is 0. The van der Waals surface area contributed by atoms with Crippen LogP contribution in [0.15, 0.2) is 78.7 Å². The van der Waals surface area contributed by atoms with E-state index in [2.05, 4.69) is 30.1 Å². The standard InChI is InChI=1S/C25H22N6O/c1-3-31-25-22(23(29-31)18-6-4-16(2)5-7-18)21(20(14-26)24(27)32-25)17-8-10-19(11-9-17)30-13-12-28-15-30/h4-13,15,21H,3,27H2,1-2H3. The highest BCUT2D eigenvalue weighted by molar-refractivity contribution is 5.71. The summed E-state index contributed by atoms with van der Waals surface area (Å²) in [6, 6.07) is 18.5. The van der Waals surface area contributed by atoms with Gasteiger partial charge in [0.25, 0.3) is 0 Å². The fraction of sp³-hybridized carbons (Fsp3) is 0.160. The van der Waals surface area contributed by atoms with Crippen molar-refractivity contribution in [2.75, 3.05) is 0 Å². The number of hydrogen-bond acceptors (Lipinski definition) is 5. The maximum Gasteiger partial charge on any atom is 0.224 e. The number of aryl methyl sites for hydroxylation is 2. The second-order valence-corrected chi connectivity index (χ2v) is 7.74. The fourth-order valence-corrected chi connectivity index (χ4v) is 4.12. The number of aromatic nitrogens is 4. The van der Waals surface area contributed by atoms with Crippen molar-refractivity contribution in [3.63, 3.8) is 0 Å². The van der Waals surface area contributed by atoms with E-state index in [1.165, 1.54) is 5.56 Å². The Kier molecular flexibility index (Phi) is 4.75. The van der Waals surface area contributed by atoms with Crippen LogP contribution in [0.1, 0.15) is 29.5 Å². The molecule has 7 nitrogen and oxygen atoms in total. The Morgan fingerprint density at radius 2 is 1.88 bits per heavy atom. The molecule has 158 valence electrons. The molecule has 0 amide bonds. The van der Waals surface area contributed by atoms with Crippen LogP contribution in [-0.2, 0) is 6.54 Å². The minimum absolute atomic E-state index is 0.119. The predicted molar refractivity (Wildman–Crippen MR) is 121 cm³/mol. The van der Waals surface area contributed by atoms with Gasteiger partial charge in [-0.2, -0.15) is 10.4 Å². The Labute approximate surface area is 186 Å². The Bertz CT molecular complexity index is 1340. The summed E-state index contributed by atoms with van der Waals surface area (Å²) >= 11 is 0.